The highest BCUT2D eigenvalue weighted by Gasteiger charge is 2.24. The molecule has 0 bridgehead atoms. The minimum Gasteiger partial charge on any atom is -0.492 e. The van der Waals surface area contributed by atoms with Crippen LogP contribution in [-0.2, 0) is 14.9 Å². The molecule has 3 aromatic carbocycles. The van der Waals surface area contributed by atoms with Crippen LogP contribution >= 0.6 is 0 Å². The van der Waals surface area contributed by atoms with Crippen LogP contribution in [0.2, 0.25) is 0 Å². The fourth-order valence-corrected chi connectivity index (χ4v) is 5.16. The molecule has 8 heteroatoms. The molecule has 2 heterocycles. The molecule has 41 heavy (non-hydrogen) atoms. The van der Waals surface area contributed by atoms with Crippen molar-refractivity contribution in [3.63, 3.8) is 0 Å². The standard InChI is InChI=1S/C33H40N4O4/c1-5-33(3,4)24-11-10-23(2)28(22-24)37-30(14-15-34-37)35-32(39)31(38)27-12-13-29(26-9-7-6-8-25(26)27)41-21-18-36-16-19-40-20-17-36/h6-15,22,31,38H,5,16-21H2,1-4H3,(H,35,39). The number of ether oxygens (including phenoxy) is 2. The van der Waals surface area contributed by atoms with Crippen LogP contribution in [-0.4, -0.2) is 65.1 Å². The molecule has 1 saturated heterocycles. The Balaban J connectivity index is 1.34. The van der Waals surface area contributed by atoms with Gasteiger partial charge in [0, 0.05) is 31.1 Å². The van der Waals surface area contributed by atoms with E-state index >= 15 is 0 Å². The summed E-state index contributed by atoms with van der Waals surface area (Å²) >= 11 is 0. The van der Waals surface area contributed by atoms with Crippen LogP contribution in [0.5, 0.6) is 5.75 Å². The van der Waals surface area contributed by atoms with Gasteiger partial charge in [0.2, 0.25) is 0 Å². The molecule has 1 aliphatic heterocycles. The van der Waals surface area contributed by atoms with Gasteiger partial charge in [-0.05, 0) is 53.0 Å². The van der Waals surface area contributed by atoms with Crippen LogP contribution in [0, 0.1) is 6.92 Å². The van der Waals surface area contributed by atoms with Gasteiger partial charge in [-0.15, -0.1) is 0 Å². The highest BCUT2D eigenvalue weighted by Crippen LogP contribution is 2.33. The molecule has 0 spiro atoms. The maximum atomic E-state index is 13.4. The van der Waals surface area contributed by atoms with Gasteiger partial charge in [-0.2, -0.15) is 5.10 Å². The number of aryl methyl sites for hydroxylation is 1. The van der Waals surface area contributed by atoms with Crippen LogP contribution < -0.4 is 10.1 Å². The number of anilines is 1. The molecule has 1 aromatic heterocycles. The van der Waals surface area contributed by atoms with Crippen LogP contribution in [0.25, 0.3) is 16.5 Å². The summed E-state index contributed by atoms with van der Waals surface area (Å²) in [6.45, 7) is 13.3. The highest BCUT2D eigenvalue weighted by molar-refractivity contribution is 5.99. The lowest BCUT2D eigenvalue weighted by molar-refractivity contribution is -0.124. The number of fused-ring (bicyclic) bond motifs is 1. The molecule has 1 atom stereocenters. The third kappa shape index (κ3) is 6.30. The van der Waals surface area contributed by atoms with E-state index in [0.29, 0.717) is 18.0 Å². The maximum absolute atomic E-state index is 13.4. The number of nitrogens with zero attached hydrogens (tertiary/aromatic N) is 3. The van der Waals surface area contributed by atoms with Crippen molar-refractivity contribution in [2.24, 2.45) is 0 Å². The Labute approximate surface area is 241 Å². The van der Waals surface area contributed by atoms with Crippen LogP contribution in [0.3, 0.4) is 0 Å². The molecule has 0 saturated carbocycles. The molecular formula is C33H40N4O4. The summed E-state index contributed by atoms with van der Waals surface area (Å²) in [4.78, 5) is 15.7. The predicted octanol–water partition coefficient (Wildman–Crippen LogP) is 5.40. The molecule has 0 radical (unpaired) electrons. The second-order valence-corrected chi connectivity index (χ2v) is 11.3. The smallest absolute Gasteiger partial charge is 0.259 e. The summed E-state index contributed by atoms with van der Waals surface area (Å²) in [7, 11) is 0. The number of aromatic nitrogens is 2. The Morgan fingerprint density at radius 1 is 1.10 bits per heavy atom. The fraction of sp³-hybridized carbons (Fsp3) is 0.394. The van der Waals surface area contributed by atoms with Gasteiger partial charge in [0.05, 0.1) is 25.1 Å². The van der Waals surface area contributed by atoms with E-state index < -0.39 is 12.0 Å². The topological polar surface area (TPSA) is 88.9 Å². The molecule has 1 fully saturated rings. The molecule has 216 valence electrons. The summed E-state index contributed by atoms with van der Waals surface area (Å²) in [5.41, 5.74) is 3.66. The van der Waals surface area contributed by atoms with Crippen molar-refractivity contribution in [1.82, 2.24) is 14.7 Å². The molecule has 1 aliphatic rings. The molecule has 5 rings (SSSR count). The van der Waals surface area contributed by atoms with Gasteiger partial charge in [-0.1, -0.05) is 63.2 Å². The van der Waals surface area contributed by atoms with Crippen LogP contribution in [0.15, 0.2) is 66.9 Å². The number of morpholine rings is 1. The quantitative estimate of drug-likeness (QED) is 0.272. The molecule has 1 unspecified atom stereocenters. The SMILES string of the molecule is CCC(C)(C)c1ccc(C)c(-n2nccc2NC(=O)C(O)c2ccc(OCCN3CCOCC3)c3ccccc23)c1. The number of carbonyl (C=O) groups excluding carboxylic acids is 1. The Kier molecular flexibility index (Phi) is 8.73. The van der Waals surface area contributed by atoms with Crippen molar-refractivity contribution in [3.8, 4) is 11.4 Å². The van der Waals surface area contributed by atoms with E-state index in [9.17, 15) is 9.90 Å². The zero-order chi connectivity index (χ0) is 29.0. The third-order valence-corrected chi connectivity index (χ3v) is 8.23. The maximum Gasteiger partial charge on any atom is 0.259 e. The van der Waals surface area contributed by atoms with Gasteiger partial charge in [-0.3, -0.25) is 9.69 Å². The number of aliphatic hydroxyl groups is 1. The zero-order valence-electron chi connectivity index (χ0n) is 24.4. The van der Waals surface area contributed by atoms with E-state index in [4.69, 9.17) is 9.47 Å². The Morgan fingerprint density at radius 2 is 1.85 bits per heavy atom. The van der Waals surface area contributed by atoms with Crippen LogP contribution in [0.4, 0.5) is 5.82 Å². The van der Waals surface area contributed by atoms with E-state index in [1.54, 1.807) is 23.0 Å². The predicted molar refractivity (Wildman–Crippen MR) is 162 cm³/mol. The van der Waals surface area contributed by atoms with E-state index in [1.807, 2.05) is 37.3 Å². The van der Waals surface area contributed by atoms with Gasteiger partial charge < -0.3 is 19.9 Å². The number of benzene rings is 3. The average molecular weight is 557 g/mol. The number of hydrogen-bond donors (Lipinski definition) is 2. The van der Waals surface area contributed by atoms with Gasteiger partial charge >= 0.3 is 0 Å². The summed E-state index contributed by atoms with van der Waals surface area (Å²) < 4.78 is 13.3. The normalized spacial score (nSPS) is 15.1. The molecule has 2 N–H and O–H groups in total. The summed E-state index contributed by atoms with van der Waals surface area (Å²) in [5.74, 6) is 0.699. The molecular weight excluding hydrogens is 516 g/mol. The number of carbonyl (C=O) groups is 1. The van der Waals surface area contributed by atoms with Gasteiger partial charge in [0.15, 0.2) is 6.10 Å². The van der Waals surface area contributed by atoms with Crippen LogP contribution in [0.1, 0.15) is 50.0 Å². The molecule has 4 aromatic rings. The first-order valence-corrected chi connectivity index (χ1v) is 14.4. The van der Waals surface area contributed by atoms with Gasteiger partial charge in [0.25, 0.3) is 5.91 Å². The van der Waals surface area contributed by atoms with E-state index in [1.165, 1.54) is 5.56 Å². The van der Waals surface area contributed by atoms with Gasteiger partial charge in [0.1, 0.15) is 18.2 Å². The Bertz CT molecular complexity index is 1510. The number of aliphatic hydroxyl groups excluding tert-OH is 1. The Hall–Kier alpha value is -3.72. The monoisotopic (exact) mass is 556 g/mol. The van der Waals surface area contributed by atoms with E-state index in [-0.39, 0.29) is 5.41 Å². The zero-order valence-corrected chi connectivity index (χ0v) is 24.4. The molecule has 8 nitrogen and oxygen atoms in total. The minimum absolute atomic E-state index is 0.00858. The summed E-state index contributed by atoms with van der Waals surface area (Å²) in [6.07, 6.45) is 1.27. The third-order valence-electron chi connectivity index (χ3n) is 8.23. The lowest BCUT2D eigenvalue weighted by atomic mass is 9.82. The van der Waals surface area contributed by atoms with E-state index in [2.05, 4.69) is 54.3 Å². The summed E-state index contributed by atoms with van der Waals surface area (Å²) in [6, 6.07) is 19.4. The lowest BCUT2D eigenvalue weighted by Gasteiger charge is -2.26. The number of amides is 1. The average Bonchev–Trinajstić information content (AvgIpc) is 3.45. The van der Waals surface area contributed by atoms with Crippen molar-refractivity contribution in [1.29, 1.82) is 0 Å². The van der Waals surface area contributed by atoms with Crippen molar-refractivity contribution in [2.45, 2.75) is 45.6 Å². The van der Waals surface area contributed by atoms with Crippen molar-refractivity contribution in [2.75, 3.05) is 44.8 Å². The first-order valence-electron chi connectivity index (χ1n) is 14.4. The minimum atomic E-state index is -1.38. The fourth-order valence-electron chi connectivity index (χ4n) is 5.16. The van der Waals surface area contributed by atoms with E-state index in [0.717, 1.165) is 67.0 Å². The molecule has 1 amide bonds. The van der Waals surface area contributed by atoms with Crippen molar-refractivity contribution in [3.05, 3.63) is 83.6 Å². The lowest BCUT2D eigenvalue weighted by Crippen LogP contribution is -2.38. The van der Waals surface area contributed by atoms with Crippen molar-refractivity contribution >= 4 is 22.5 Å². The first kappa shape index (κ1) is 28.8. The second-order valence-electron chi connectivity index (χ2n) is 11.3. The summed E-state index contributed by atoms with van der Waals surface area (Å²) in [5, 5.41) is 20.3. The number of rotatable bonds is 10. The largest absolute Gasteiger partial charge is 0.492 e. The van der Waals surface area contributed by atoms with Crippen molar-refractivity contribution < 1.29 is 19.4 Å². The van der Waals surface area contributed by atoms with Gasteiger partial charge in [-0.25, -0.2) is 4.68 Å². The number of hydrogen-bond acceptors (Lipinski definition) is 6. The first-order chi connectivity index (χ1) is 19.8. The highest BCUT2D eigenvalue weighted by atomic mass is 16.5. The molecule has 0 aliphatic carbocycles. The Morgan fingerprint density at radius 3 is 2.61 bits per heavy atom. The number of nitrogens with one attached hydrogen (secondary N) is 1. The second kappa shape index (κ2) is 12.4.